The highest BCUT2D eigenvalue weighted by atomic mass is 32.2. The second-order valence-corrected chi connectivity index (χ2v) is 6.94. The van der Waals surface area contributed by atoms with Crippen molar-refractivity contribution in [1.29, 1.82) is 0 Å². The van der Waals surface area contributed by atoms with Crippen LogP contribution in [0.2, 0.25) is 0 Å². The Bertz CT molecular complexity index is 632. The monoisotopic (exact) mass is 332 g/mol. The van der Waals surface area contributed by atoms with Crippen LogP contribution < -0.4 is 4.90 Å². The lowest BCUT2D eigenvalue weighted by Crippen LogP contribution is -3.15. The first kappa shape index (κ1) is 16.2. The van der Waals surface area contributed by atoms with Gasteiger partial charge in [-0.1, -0.05) is 29.8 Å². The number of hydrogen-bond donors (Lipinski definition) is 2. The molecule has 0 radical (unpaired) electrons. The van der Waals surface area contributed by atoms with Crippen LogP contribution in [-0.2, 0) is 4.79 Å². The lowest BCUT2D eigenvalue weighted by molar-refractivity contribution is -0.904. The molecule has 1 amide bonds. The molecule has 0 unspecified atom stereocenters. The molecule has 1 fully saturated rings. The zero-order chi connectivity index (χ0) is 16.2. The number of aliphatic hydroxyl groups excluding tert-OH is 1. The molecule has 23 heavy (non-hydrogen) atoms. The molecule has 0 spiro atoms. The molecule has 5 nitrogen and oxygen atoms in total. The Labute approximate surface area is 140 Å². The molecule has 0 bridgehead atoms. The van der Waals surface area contributed by atoms with Gasteiger partial charge in [0, 0.05) is 0 Å². The molecule has 0 aliphatic carbocycles. The number of piperazine rings is 1. The number of benzene rings is 1. The van der Waals surface area contributed by atoms with Crippen LogP contribution in [0, 0.1) is 6.92 Å². The quantitative estimate of drug-likeness (QED) is 0.774. The Balaban J connectivity index is 1.63. The number of aryl methyl sites for hydroxylation is 1. The standard InChI is InChI=1S/C17H21N3O2S/c1-13-2-4-14(5-3-13)12-15-16(22)18-17(23-15)20-8-6-19(7-9-20)10-11-21/h2-5,12,21H,6-11H2,1H3/p+1. The third-order valence-corrected chi connectivity index (χ3v) is 5.24. The molecule has 1 saturated heterocycles. The number of aliphatic hydroxyl groups is 1. The van der Waals surface area contributed by atoms with Crippen LogP contribution in [0.3, 0.4) is 0 Å². The van der Waals surface area contributed by atoms with Crippen LogP contribution in [0.4, 0.5) is 0 Å². The summed E-state index contributed by atoms with van der Waals surface area (Å²) < 4.78 is 0. The summed E-state index contributed by atoms with van der Waals surface area (Å²) in [7, 11) is 0. The van der Waals surface area contributed by atoms with E-state index in [9.17, 15) is 4.79 Å². The van der Waals surface area contributed by atoms with Crippen LogP contribution in [-0.4, -0.2) is 60.4 Å². The number of amides is 1. The van der Waals surface area contributed by atoms with Crippen molar-refractivity contribution in [3.63, 3.8) is 0 Å². The van der Waals surface area contributed by atoms with Crippen molar-refractivity contribution in [2.45, 2.75) is 6.92 Å². The summed E-state index contributed by atoms with van der Waals surface area (Å²) in [6, 6.07) is 8.12. The van der Waals surface area contributed by atoms with Crippen molar-refractivity contribution in [3.05, 3.63) is 40.3 Å². The molecule has 2 N–H and O–H groups in total. The maximum absolute atomic E-state index is 12.1. The first-order valence-corrected chi connectivity index (χ1v) is 8.76. The van der Waals surface area contributed by atoms with Crippen molar-refractivity contribution < 1.29 is 14.8 Å². The van der Waals surface area contributed by atoms with Crippen LogP contribution in [0.5, 0.6) is 0 Å². The van der Waals surface area contributed by atoms with E-state index in [4.69, 9.17) is 5.11 Å². The average molecular weight is 332 g/mol. The van der Waals surface area contributed by atoms with Crippen LogP contribution in [0.25, 0.3) is 6.08 Å². The number of hydrogen-bond acceptors (Lipinski definition) is 4. The number of carbonyl (C=O) groups excluding carboxylic acids is 1. The second kappa shape index (κ2) is 7.29. The smallest absolute Gasteiger partial charge is 0.286 e. The van der Waals surface area contributed by atoms with E-state index in [1.807, 2.05) is 37.3 Å². The minimum Gasteiger partial charge on any atom is -0.391 e. The van der Waals surface area contributed by atoms with E-state index >= 15 is 0 Å². The van der Waals surface area contributed by atoms with E-state index in [1.165, 1.54) is 22.2 Å². The fourth-order valence-corrected chi connectivity index (χ4v) is 3.73. The van der Waals surface area contributed by atoms with Crippen molar-refractivity contribution in [2.75, 3.05) is 39.3 Å². The number of nitrogens with zero attached hydrogens (tertiary/aromatic N) is 2. The molecule has 1 aromatic rings. The van der Waals surface area contributed by atoms with Gasteiger partial charge in [-0.25, -0.2) is 0 Å². The van der Waals surface area contributed by atoms with Crippen molar-refractivity contribution in [3.8, 4) is 0 Å². The fraction of sp³-hybridized carbons (Fsp3) is 0.412. The van der Waals surface area contributed by atoms with Gasteiger partial charge >= 0.3 is 0 Å². The number of rotatable bonds is 3. The molecular weight excluding hydrogens is 310 g/mol. The largest absolute Gasteiger partial charge is 0.391 e. The number of nitrogens with one attached hydrogen (secondary N) is 1. The van der Waals surface area contributed by atoms with Gasteiger partial charge in [-0.3, -0.25) is 4.79 Å². The topological polar surface area (TPSA) is 57.3 Å². The Morgan fingerprint density at radius 3 is 2.65 bits per heavy atom. The minimum absolute atomic E-state index is 0.143. The van der Waals surface area contributed by atoms with Gasteiger partial charge in [0.25, 0.3) is 5.91 Å². The van der Waals surface area contributed by atoms with Gasteiger partial charge in [-0.05, 0) is 30.3 Å². The van der Waals surface area contributed by atoms with Gasteiger partial charge < -0.3 is 14.9 Å². The van der Waals surface area contributed by atoms with Crippen molar-refractivity contribution in [2.24, 2.45) is 4.99 Å². The summed E-state index contributed by atoms with van der Waals surface area (Å²) in [4.78, 5) is 20.6. The summed E-state index contributed by atoms with van der Waals surface area (Å²) >= 11 is 1.47. The van der Waals surface area contributed by atoms with Crippen LogP contribution in [0.1, 0.15) is 11.1 Å². The van der Waals surface area contributed by atoms with Gasteiger partial charge in [0.15, 0.2) is 5.17 Å². The second-order valence-electron chi connectivity index (χ2n) is 5.93. The molecule has 122 valence electrons. The SMILES string of the molecule is Cc1ccc(C=C2SC(N3CC[NH+](CCO)CC3)=NC2=O)cc1. The first-order chi connectivity index (χ1) is 11.2. The normalized spacial score (nSPS) is 21.1. The Hall–Kier alpha value is -1.63. The number of quaternary nitrogens is 1. The highest BCUT2D eigenvalue weighted by Crippen LogP contribution is 2.30. The predicted molar refractivity (Wildman–Crippen MR) is 93.4 cm³/mol. The predicted octanol–water partition coefficient (Wildman–Crippen LogP) is 0.158. The third kappa shape index (κ3) is 4.02. The van der Waals surface area contributed by atoms with E-state index in [2.05, 4.69) is 9.89 Å². The maximum Gasteiger partial charge on any atom is 0.286 e. The van der Waals surface area contributed by atoms with E-state index in [0.29, 0.717) is 4.91 Å². The lowest BCUT2D eigenvalue weighted by Gasteiger charge is -2.32. The maximum atomic E-state index is 12.1. The number of aliphatic imine (C=N–C) groups is 1. The third-order valence-electron chi connectivity index (χ3n) is 4.19. The molecule has 0 aromatic heterocycles. The van der Waals surface area contributed by atoms with Crippen molar-refractivity contribution >= 4 is 28.9 Å². The Kier molecular flexibility index (Phi) is 5.15. The minimum atomic E-state index is -0.143. The van der Waals surface area contributed by atoms with Gasteiger partial charge in [0.1, 0.15) is 6.54 Å². The van der Waals surface area contributed by atoms with Crippen molar-refractivity contribution in [1.82, 2.24) is 4.90 Å². The average Bonchev–Trinajstić information content (AvgIpc) is 2.92. The molecule has 2 aliphatic rings. The van der Waals surface area contributed by atoms with Gasteiger partial charge in [0.05, 0.1) is 37.7 Å². The fourth-order valence-electron chi connectivity index (χ4n) is 2.77. The molecule has 2 heterocycles. The molecule has 2 aliphatic heterocycles. The van der Waals surface area contributed by atoms with E-state index in [1.54, 1.807) is 0 Å². The summed E-state index contributed by atoms with van der Waals surface area (Å²) in [6.07, 6.45) is 1.91. The van der Waals surface area contributed by atoms with Gasteiger partial charge in [0.2, 0.25) is 0 Å². The zero-order valence-electron chi connectivity index (χ0n) is 13.3. The highest BCUT2D eigenvalue weighted by molar-refractivity contribution is 8.18. The van der Waals surface area contributed by atoms with E-state index in [0.717, 1.165) is 43.5 Å². The molecule has 0 saturated carbocycles. The number of amidine groups is 1. The molecule has 6 heteroatoms. The lowest BCUT2D eigenvalue weighted by atomic mass is 10.1. The Morgan fingerprint density at radius 2 is 2.00 bits per heavy atom. The van der Waals surface area contributed by atoms with Crippen LogP contribution in [0.15, 0.2) is 34.2 Å². The van der Waals surface area contributed by atoms with Gasteiger partial charge in [-0.2, -0.15) is 4.99 Å². The molecular formula is C17H22N3O2S+. The number of carbonyl (C=O) groups is 1. The molecule has 0 atom stereocenters. The first-order valence-electron chi connectivity index (χ1n) is 7.94. The summed E-state index contributed by atoms with van der Waals surface area (Å²) in [5.41, 5.74) is 2.23. The van der Waals surface area contributed by atoms with E-state index in [-0.39, 0.29) is 12.5 Å². The van der Waals surface area contributed by atoms with Gasteiger partial charge in [-0.15, -0.1) is 0 Å². The van der Waals surface area contributed by atoms with Crippen LogP contribution >= 0.6 is 11.8 Å². The summed E-state index contributed by atoms with van der Waals surface area (Å²) in [5, 5.41) is 9.82. The van der Waals surface area contributed by atoms with E-state index < -0.39 is 0 Å². The zero-order valence-corrected chi connectivity index (χ0v) is 14.1. The Morgan fingerprint density at radius 1 is 1.30 bits per heavy atom. The summed E-state index contributed by atoms with van der Waals surface area (Å²) in [5.74, 6) is -0.143. The number of thioether (sulfide) groups is 1. The summed E-state index contributed by atoms with van der Waals surface area (Å²) in [6.45, 7) is 6.79. The molecule has 1 aromatic carbocycles. The highest BCUT2D eigenvalue weighted by Gasteiger charge is 2.29. The molecule has 3 rings (SSSR count).